The quantitative estimate of drug-likeness (QED) is 0.362. The van der Waals surface area contributed by atoms with Crippen LogP contribution in [0.1, 0.15) is 16.6 Å². The third-order valence-corrected chi connectivity index (χ3v) is 5.78. The van der Waals surface area contributed by atoms with Crippen LogP contribution < -0.4 is 15.8 Å². The molecular formula is C22H23N5O3S. The number of hydrogen-bond acceptors (Lipinski definition) is 7. The van der Waals surface area contributed by atoms with Gasteiger partial charge in [-0.15, -0.1) is 11.3 Å². The zero-order valence-electron chi connectivity index (χ0n) is 17.3. The molecule has 0 bridgehead atoms. The van der Waals surface area contributed by atoms with E-state index in [1.54, 1.807) is 19.4 Å². The molecule has 9 heteroatoms. The molecular weight excluding hydrogens is 414 g/mol. The van der Waals surface area contributed by atoms with Gasteiger partial charge < -0.3 is 25.5 Å². The number of carbonyl (C=O) groups is 1. The first-order chi connectivity index (χ1) is 15.1. The minimum absolute atomic E-state index is 0.126. The van der Waals surface area contributed by atoms with Crippen LogP contribution in [-0.4, -0.2) is 47.7 Å². The number of nitrogen functional groups attached to an aromatic ring is 1. The second kappa shape index (κ2) is 9.15. The third-order valence-electron chi connectivity index (χ3n) is 4.64. The van der Waals surface area contributed by atoms with Gasteiger partial charge >= 0.3 is 0 Å². The number of aromatic nitrogens is 3. The molecule has 0 fully saturated rings. The number of H-pyrrole nitrogens is 1. The van der Waals surface area contributed by atoms with Gasteiger partial charge in [-0.1, -0.05) is 0 Å². The van der Waals surface area contributed by atoms with E-state index in [-0.39, 0.29) is 5.91 Å². The molecule has 3 aromatic heterocycles. The summed E-state index contributed by atoms with van der Waals surface area (Å²) in [6.07, 6.45) is 1.70. The van der Waals surface area contributed by atoms with E-state index in [2.05, 4.69) is 20.3 Å². The number of ether oxygens (including phenoxy) is 2. The molecule has 0 radical (unpaired) electrons. The van der Waals surface area contributed by atoms with Gasteiger partial charge in [-0.25, -0.2) is 9.97 Å². The summed E-state index contributed by atoms with van der Waals surface area (Å²) in [6.45, 7) is 3.48. The van der Waals surface area contributed by atoms with Gasteiger partial charge in [-0.2, -0.15) is 0 Å². The maximum atomic E-state index is 12.3. The summed E-state index contributed by atoms with van der Waals surface area (Å²) in [6, 6.07) is 11.3. The average Bonchev–Trinajstić information content (AvgIpc) is 3.41. The summed E-state index contributed by atoms with van der Waals surface area (Å²) in [4.78, 5) is 26.1. The Morgan fingerprint density at radius 1 is 1.26 bits per heavy atom. The first-order valence-corrected chi connectivity index (χ1v) is 10.7. The predicted molar refractivity (Wildman–Crippen MR) is 122 cm³/mol. The lowest BCUT2D eigenvalue weighted by atomic mass is 10.1. The number of thiophene rings is 1. The summed E-state index contributed by atoms with van der Waals surface area (Å²) >= 11 is 1.39. The van der Waals surface area contributed by atoms with E-state index >= 15 is 0 Å². The number of amides is 1. The van der Waals surface area contributed by atoms with Crippen LogP contribution in [0.15, 0.2) is 42.6 Å². The fourth-order valence-corrected chi connectivity index (χ4v) is 4.04. The van der Waals surface area contributed by atoms with Gasteiger partial charge in [0.15, 0.2) is 0 Å². The monoisotopic (exact) mass is 437 g/mol. The largest absolute Gasteiger partial charge is 0.494 e. The van der Waals surface area contributed by atoms with E-state index in [0.717, 1.165) is 27.2 Å². The highest BCUT2D eigenvalue weighted by Crippen LogP contribution is 2.33. The highest BCUT2D eigenvalue weighted by molar-refractivity contribution is 7.17. The van der Waals surface area contributed by atoms with Gasteiger partial charge in [-0.05, 0) is 37.3 Å². The van der Waals surface area contributed by atoms with Crippen molar-refractivity contribution in [2.24, 2.45) is 0 Å². The molecule has 8 nitrogen and oxygen atoms in total. The van der Waals surface area contributed by atoms with Gasteiger partial charge in [0.1, 0.15) is 17.4 Å². The van der Waals surface area contributed by atoms with Crippen LogP contribution in [0.5, 0.6) is 5.75 Å². The minimum atomic E-state index is -0.126. The molecule has 0 unspecified atom stereocenters. The van der Waals surface area contributed by atoms with Gasteiger partial charge in [-0.3, -0.25) is 4.79 Å². The number of nitrogens with zero attached hydrogens (tertiary/aromatic N) is 2. The van der Waals surface area contributed by atoms with Crippen LogP contribution in [0, 0.1) is 0 Å². The molecule has 160 valence electrons. The number of aromatic amines is 1. The van der Waals surface area contributed by atoms with Crippen molar-refractivity contribution in [2.45, 2.75) is 6.92 Å². The molecule has 1 amide bonds. The number of rotatable bonds is 8. The number of benzene rings is 1. The molecule has 3 heterocycles. The number of imidazole rings is 1. The molecule has 4 aromatic rings. The molecule has 0 saturated carbocycles. The highest BCUT2D eigenvalue weighted by Gasteiger charge is 2.14. The molecule has 0 aliphatic rings. The molecule has 4 rings (SSSR count). The number of nitrogens with one attached hydrogen (secondary N) is 2. The van der Waals surface area contributed by atoms with Crippen LogP contribution in [0.2, 0.25) is 0 Å². The van der Waals surface area contributed by atoms with E-state index in [4.69, 9.17) is 15.2 Å². The number of anilines is 1. The normalized spacial score (nSPS) is 11.0. The molecule has 0 aliphatic heterocycles. The lowest BCUT2D eigenvalue weighted by Gasteiger charge is -2.05. The van der Waals surface area contributed by atoms with E-state index in [9.17, 15) is 4.79 Å². The van der Waals surface area contributed by atoms with Crippen LogP contribution in [-0.2, 0) is 4.74 Å². The van der Waals surface area contributed by atoms with E-state index in [1.165, 1.54) is 11.3 Å². The van der Waals surface area contributed by atoms with Crippen molar-refractivity contribution in [1.29, 1.82) is 0 Å². The first-order valence-electron chi connectivity index (χ1n) is 9.85. The Hall–Kier alpha value is -3.43. The van der Waals surface area contributed by atoms with Crippen LogP contribution in [0.3, 0.4) is 0 Å². The van der Waals surface area contributed by atoms with Crippen molar-refractivity contribution >= 4 is 34.1 Å². The van der Waals surface area contributed by atoms with E-state index in [0.29, 0.717) is 41.8 Å². The van der Waals surface area contributed by atoms with Crippen LogP contribution in [0.25, 0.3) is 32.9 Å². The van der Waals surface area contributed by atoms with Crippen molar-refractivity contribution in [1.82, 2.24) is 20.3 Å². The second-order valence-corrected chi connectivity index (χ2v) is 7.85. The van der Waals surface area contributed by atoms with Gasteiger partial charge in [0.25, 0.3) is 5.91 Å². The number of hydrogen-bond donors (Lipinski definition) is 3. The summed E-state index contributed by atoms with van der Waals surface area (Å²) < 4.78 is 10.5. The van der Waals surface area contributed by atoms with Gasteiger partial charge in [0.05, 0.1) is 34.7 Å². The summed E-state index contributed by atoms with van der Waals surface area (Å²) in [5, 5.41) is 2.83. The minimum Gasteiger partial charge on any atom is -0.494 e. The molecule has 31 heavy (non-hydrogen) atoms. The van der Waals surface area contributed by atoms with Gasteiger partial charge in [0.2, 0.25) is 0 Å². The zero-order chi connectivity index (χ0) is 21.8. The molecule has 0 atom stereocenters. The van der Waals surface area contributed by atoms with Crippen molar-refractivity contribution in [3.63, 3.8) is 0 Å². The van der Waals surface area contributed by atoms with Crippen molar-refractivity contribution in [2.75, 3.05) is 32.6 Å². The smallest absolute Gasteiger partial charge is 0.261 e. The molecule has 1 aromatic carbocycles. The van der Waals surface area contributed by atoms with Crippen LogP contribution >= 0.6 is 11.3 Å². The van der Waals surface area contributed by atoms with Crippen LogP contribution in [0.4, 0.5) is 5.82 Å². The van der Waals surface area contributed by atoms with Crippen molar-refractivity contribution < 1.29 is 14.3 Å². The fourth-order valence-electron chi connectivity index (χ4n) is 3.14. The predicted octanol–water partition coefficient (Wildman–Crippen LogP) is 3.71. The second-order valence-electron chi connectivity index (χ2n) is 6.77. The lowest BCUT2D eigenvalue weighted by Crippen LogP contribution is -2.26. The number of nitrogens with two attached hydrogens (primary N) is 1. The van der Waals surface area contributed by atoms with Crippen molar-refractivity contribution in [3.8, 4) is 27.6 Å². The number of fused-ring (bicyclic) bond motifs is 1. The average molecular weight is 438 g/mol. The summed E-state index contributed by atoms with van der Waals surface area (Å²) in [5.41, 5.74) is 9.39. The molecule has 0 spiro atoms. The Bertz CT molecular complexity index is 1220. The zero-order valence-corrected chi connectivity index (χ0v) is 18.1. The third kappa shape index (κ3) is 4.52. The lowest BCUT2D eigenvalue weighted by molar-refractivity contribution is 0.0941. The molecule has 0 saturated heterocycles. The standard InChI is InChI=1S/C22H23N5O3S/c1-3-30-14-4-5-16-17(11-14)27-21(26-16)15-10-13(12-25-20(15)23)18-6-7-19(31-18)22(28)24-8-9-29-2/h4-7,10-12H,3,8-9H2,1-2H3,(H2,23,25)(H,24,28)(H,26,27). The van der Waals surface area contributed by atoms with Gasteiger partial charge in [0, 0.05) is 36.4 Å². The topological polar surface area (TPSA) is 115 Å². The summed E-state index contributed by atoms with van der Waals surface area (Å²) in [5.74, 6) is 1.66. The van der Waals surface area contributed by atoms with Crippen molar-refractivity contribution in [3.05, 3.63) is 47.5 Å². The SMILES string of the molecule is CCOc1ccc2nc(-c3cc(-c4ccc(C(=O)NCCOC)s4)cnc3N)[nH]c2c1. The Balaban J connectivity index is 1.62. The molecule has 0 aliphatic carbocycles. The number of methoxy groups -OCH3 is 1. The Kier molecular flexibility index (Phi) is 6.15. The highest BCUT2D eigenvalue weighted by atomic mass is 32.1. The first kappa shape index (κ1) is 20.8. The Labute approximate surface area is 183 Å². The maximum Gasteiger partial charge on any atom is 0.261 e. The Morgan fingerprint density at radius 2 is 2.13 bits per heavy atom. The number of pyridine rings is 1. The summed E-state index contributed by atoms with van der Waals surface area (Å²) in [7, 11) is 1.60. The van der Waals surface area contributed by atoms with E-state index in [1.807, 2.05) is 37.3 Å². The number of carbonyl (C=O) groups excluding carboxylic acids is 1. The maximum absolute atomic E-state index is 12.3. The Morgan fingerprint density at radius 3 is 2.94 bits per heavy atom. The van der Waals surface area contributed by atoms with E-state index < -0.39 is 0 Å². The molecule has 4 N–H and O–H groups in total. The fraction of sp³-hybridized carbons (Fsp3) is 0.227.